The van der Waals surface area contributed by atoms with E-state index >= 15 is 0 Å². The van der Waals surface area contributed by atoms with Crippen LogP contribution >= 0.6 is 0 Å². The number of rotatable bonds is 7. The van der Waals surface area contributed by atoms with Crippen LogP contribution in [0.2, 0.25) is 0 Å². The number of benzene rings is 1. The van der Waals surface area contributed by atoms with Crippen LogP contribution in [0, 0.1) is 12.7 Å². The van der Waals surface area contributed by atoms with E-state index in [4.69, 9.17) is 0 Å². The smallest absolute Gasteiger partial charge is 0.126 e. The molecule has 1 aromatic carbocycles. The summed E-state index contributed by atoms with van der Waals surface area (Å²) in [6.45, 7) is 7.63. The summed E-state index contributed by atoms with van der Waals surface area (Å²) in [5.41, 5.74) is 1.71. The highest BCUT2D eigenvalue weighted by molar-refractivity contribution is 5.23. The van der Waals surface area contributed by atoms with Crippen molar-refractivity contribution in [1.29, 1.82) is 0 Å². The average molecular weight is 224 g/mol. The van der Waals surface area contributed by atoms with Crippen molar-refractivity contribution in [3.05, 3.63) is 35.1 Å². The minimum Gasteiger partial charge on any atom is -0.317 e. The first kappa shape index (κ1) is 13.1. The Balaban J connectivity index is 2.19. The van der Waals surface area contributed by atoms with Crippen molar-refractivity contribution in [3.8, 4) is 0 Å². The lowest BCUT2D eigenvalue weighted by Crippen LogP contribution is -2.21. The summed E-state index contributed by atoms with van der Waals surface area (Å²) in [5, 5.41) is 6.56. The van der Waals surface area contributed by atoms with Gasteiger partial charge in [0.1, 0.15) is 5.82 Å². The number of nitrogens with one attached hydrogen (secondary N) is 2. The summed E-state index contributed by atoms with van der Waals surface area (Å²) in [6.07, 6.45) is 1.10. The largest absolute Gasteiger partial charge is 0.317 e. The van der Waals surface area contributed by atoms with E-state index in [-0.39, 0.29) is 5.82 Å². The normalized spacial score (nSPS) is 10.7. The maximum Gasteiger partial charge on any atom is 0.126 e. The van der Waals surface area contributed by atoms with E-state index in [2.05, 4.69) is 17.6 Å². The van der Waals surface area contributed by atoms with E-state index in [9.17, 15) is 4.39 Å². The second-order valence-electron chi connectivity index (χ2n) is 3.97. The third-order valence-corrected chi connectivity index (χ3v) is 2.52. The number of hydrogen-bond donors (Lipinski definition) is 2. The van der Waals surface area contributed by atoms with Gasteiger partial charge in [-0.1, -0.05) is 19.1 Å². The topological polar surface area (TPSA) is 24.1 Å². The molecule has 0 aliphatic rings. The van der Waals surface area contributed by atoms with Crippen LogP contribution in [0.4, 0.5) is 4.39 Å². The molecule has 1 rings (SSSR count). The van der Waals surface area contributed by atoms with E-state index in [0.717, 1.165) is 38.2 Å². The molecule has 0 aromatic heterocycles. The van der Waals surface area contributed by atoms with Crippen LogP contribution in [-0.4, -0.2) is 19.6 Å². The van der Waals surface area contributed by atoms with Crippen molar-refractivity contribution in [1.82, 2.24) is 10.6 Å². The predicted octanol–water partition coefficient (Wildman–Crippen LogP) is 2.22. The van der Waals surface area contributed by atoms with E-state index in [1.807, 2.05) is 12.1 Å². The third-order valence-electron chi connectivity index (χ3n) is 2.52. The Hall–Kier alpha value is -0.930. The van der Waals surface area contributed by atoms with Crippen molar-refractivity contribution in [3.63, 3.8) is 0 Å². The molecule has 1 aromatic rings. The van der Waals surface area contributed by atoms with Gasteiger partial charge < -0.3 is 10.6 Å². The Bertz CT molecular complexity index is 313. The molecule has 2 nitrogen and oxygen atoms in total. The Morgan fingerprint density at radius 3 is 2.62 bits per heavy atom. The van der Waals surface area contributed by atoms with Gasteiger partial charge in [-0.3, -0.25) is 0 Å². The van der Waals surface area contributed by atoms with Gasteiger partial charge in [0.15, 0.2) is 0 Å². The molecule has 0 atom stereocenters. The van der Waals surface area contributed by atoms with Gasteiger partial charge in [-0.15, -0.1) is 0 Å². The molecule has 0 unspecified atom stereocenters. The van der Waals surface area contributed by atoms with Crippen molar-refractivity contribution >= 4 is 0 Å². The van der Waals surface area contributed by atoms with Gasteiger partial charge >= 0.3 is 0 Å². The standard InChI is InChI=1S/C13H21FN2/c1-3-15-7-4-8-16-10-12-6-5-11(2)13(14)9-12/h5-6,9,15-16H,3-4,7-8,10H2,1-2H3. The van der Waals surface area contributed by atoms with Crippen LogP contribution in [-0.2, 0) is 6.54 Å². The highest BCUT2D eigenvalue weighted by atomic mass is 19.1. The predicted molar refractivity (Wildman–Crippen MR) is 66.0 cm³/mol. The third kappa shape index (κ3) is 4.73. The van der Waals surface area contributed by atoms with Gasteiger partial charge in [-0.05, 0) is 50.2 Å². The first-order valence-electron chi connectivity index (χ1n) is 5.90. The Morgan fingerprint density at radius 1 is 1.19 bits per heavy atom. The minimum atomic E-state index is -0.119. The zero-order valence-corrected chi connectivity index (χ0v) is 10.1. The molecular formula is C13H21FN2. The number of halogens is 1. The molecule has 0 spiro atoms. The molecule has 2 N–H and O–H groups in total. The SMILES string of the molecule is CCNCCCNCc1ccc(C)c(F)c1. The molecule has 0 amide bonds. The van der Waals surface area contributed by atoms with Crippen molar-refractivity contribution < 1.29 is 4.39 Å². The van der Waals surface area contributed by atoms with Gasteiger partial charge in [0.05, 0.1) is 0 Å². The second-order valence-corrected chi connectivity index (χ2v) is 3.97. The summed E-state index contributed by atoms with van der Waals surface area (Å²) in [6, 6.07) is 5.40. The molecule has 0 bridgehead atoms. The van der Waals surface area contributed by atoms with Crippen molar-refractivity contribution in [2.75, 3.05) is 19.6 Å². The van der Waals surface area contributed by atoms with Crippen LogP contribution in [0.15, 0.2) is 18.2 Å². The lowest BCUT2D eigenvalue weighted by Gasteiger charge is -2.06. The molecule has 3 heteroatoms. The van der Waals surface area contributed by atoms with Crippen molar-refractivity contribution in [2.24, 2.45) is 0 Å². The maximum absolute atomic E-state index is 13.2. The van der Waals surface area contributed by atoms with E-state index < -0.39 is 0 Å². The summed E-state index contributed by atoms with van der Waals surface area (Å²) >= 11 is 0. The minimum absolute atomic E-state index is 0.119. The van der Waals surface area contributed by atoms with E-state index in [1.165, 1.54) is 0 Å². The van der Waals surface area contributed by atoms with Gasteiger partial charge in [0.25, 0.3) is 0 Å². The van der Waals surface area contributed by atoms with Crippen LogP contribution < -0.4 is 10.6 Å². The summed E-state index contributed by atoms with van der Waals surface area (Å²) in [7, 11) is 0. The zero-order valence-electron chi connectivity index (χ0n) is 10.1. The molecule has 0 saturated heterocycles. The molecular weight excluding hydrogens is 203 g/mol. The maximum atomic E-state index is 13.2. The summed E-state index contributed by atoms with van der Waals surface area (Å²) in [4.78, 5) is 0. The first-order valence-corrected chi connectivity index (χ1v) is 5.90. The Labute approximate surface area is 97.3 Å². The van der Waals surface area contributed by atoms with E-state index in [0.29, 0.717) is 5.56 Å². The molecule has 16 heavy (non-hydrogen) atoms. The molecule has 0 aliphatic heterocycles. The fourth-order valence-electron chi connectivity index (χ4n) is 1.49. The number of aryl methyl sites for hydroxylation is 1. The van der Waals surface area contributed by atoms with Crippen LogP contribution in [0.5, 0.6) is 0 Å². The fourth-order valence-corrected chi connectivity index (χ4v) is 1.49. The quantitative estimate of drug-likeness (QED) is 0.694. The average Bonchev–Trinajstić information content (AvgIpc) is 2.28. The molecule has 90 valence electrons. The van der Waals surface area contributed by atoms with Gasteiger partial charge in [0, 0.05) is 6.54 Å². The fraction of sp³-hybridized carbons (Fsp3) is 0.538. The van der Waals surface area contributed by atoms with Crippen LogP contribution in [0.1, 0.15) is 24.5 Å². The Kier molecular flexibility index (Phi) is 6.04. The molecule has 0 aliphatic carbocycles. The summed E-state index contributed by atoms with van der Waals surface area (Å²) < 4.78 is 13.2. The highest BCUT2D eigenvalue weighted by Crippen LogP contribution is 2.08. The molecule has 0 fully saturated rings. The van der Waals surface area contributed by atoms with Crippen LogP contribution in [0.25, 0.3) is 0 Å². The van der Waals surface area contributed by atoms with Gasteiger partial charge in [-0.2, -0.15) is 0 Å². The first-order chi connectivity index (χ1) is 7.74. The number of hydrogen-bond acceptors (Lipinski definition) is 2. The lowest BCUT2D eigenvalue weighted by molar-refractivity contribution is 0.596. The molecule has 0 radical (unpaired) electrons. The molecule has 0 saturated carbocycles. The molecule has 0 heterocycles. The van der Waals surface area contributed by atoms with Gasteiger partial charge in [0.2, 0.25) is 0 Å². The van der Waals surface area contributed by atoms with E-state index in [1.54, 1.807) is 13.0 Å². The second kappa shape index (κ2) is 7.36. The van der Waals surface area contributed by atoms with Gasteiger partial charge in [-0.25, -0.2) is 4.39 Å². The lowest BCUT2D eigenvalue weighted by atomic mass is 10.1. The summed E-state index contributed by atoms with van der Waals surface area (Å²) in [5.74, 6) is -0.119. The monoisotopic (exact) mass is 224 g/mol. The highest BCUT2D eigenvalue weighted by Gasteiger charge is 1.98. The van der Waals surface area contributed by atoms with Crippen molar-refractivity contribution in [2.45, 2.75) is 26.8 Å². The zero-order chi connectivity index (χ0) is 11.8. The Morgan fingerprint density at radius 2 is 1.94 bits per heavy atom. The van der Waals surface area contributed by atoms with Crippen LogP contribution in [0.3, 0.4) is 0 Å².